The number of carboxylic acid groups (broad SMARTS) is 1. The molecule has 1 saturated heterocycles. The van der Waals surface area contributed by atoms with Crippen LogP contribution in [0.3, 0.4) is 0 Å². The number of hydrogen-bond donors (Lipinski definition) is 1. The maximum absolute atomic E-state index is 11.0. The van der Waals surface area contributed by atoms with Gasteiger partial charge in [0.15, 0.2) is 0 Å². The molecule has 0 unspecified atom stereocenters. The summed E-state index contributed by atoms with van der Waals surface area (Å²) in [6, 6.07) is 21.5. The topological polar surface area (TPSA) is 43.8 Å². The van der Waals surface area contributed by atoms with E-state index < -0.39 is 5.97 Å². The SMILES string of the molecule is C[C@H]1CN(C(c2ccccc2)c2ccccc2)CCN1CC(=O)O.Cl.Cl. The molecule has 1 aliphatic heterocycles. The standard InChI is InChI=1S/C20H24N2O2.2ClH/c1-16-14-22(13-12-21(16)15-19(23)24)20(17-8-4-2-5-9-17)18-10-6-3-7-11-18;;/h2-11,16,20H,12-15H2,1H3,(H,23,24);2*1H/t16-;;/m0../s1. The van der Waals surface area contributed by atoms with Crippen LogP contribution in [0.25, 0.3) is 0 Å². The molecule has 6 heteroatoms. The summed E-state index contributed by atoms with van der Waals surface area (Å²) >= 11 is 0. The van der Waals surface area contributed by atoms with Crippen molar-refractivity contribution < 1.29 is 9.90 Å². The van der Waals surface area contributed by atoms with Crippen molar-refractivity contribution >= 4 is 30.8 Å². The van der Waals surface area contributed by atoms with Gasteiger partial charge < -0.3 is 5.11 Å². The summed E-state index contributed by atoms with van der Waals surface area (Å²) in [5.41, 5.74) is 2.56. The first kappa shape index (κ1) is 22.5. The Kier molecular flexibility index (Phi) is 9.09. The summed E-state index contributed by atoms with van der Waals surface area (Å²) in [6.45, 7) is 4.75. The van der Waals surface area contributed by atoms with Crippen molar-refractivity contribution in [2.24, 2.45) is 0 Å². The number of rotatable bonds is 5. The maximum atomic E-state index is 11.0. The molecule has 0 saturated carbocycles. The fourth-order valence-electron chi connectivity index (χ4n) is 3.55. The molecule has 1 fully saturated rings. The molecule has 0 aromatic heterocycles. The third kappa shape index (κ3) is 5.45. The van der Waals surface area contributed by atoms with Crippen LogP contribution in [-0.2, 0) is 4.79 Å². The van der Waals surface area contributed by atoms with E-state index in [9.17, 15) is 4.79 Å². The molecule has 0 bridgehead atoms. The minimum atomic E-state index is -0.752. The zero-order valence-corrected chi connectivity index (χ0v) is 16.5. The first-order valence-corrected chi connectivity index (χ1v) is 8.45. The van der Waals surface area contributed by atoms with Crippen molar-refractivity contribution in [1.29, 1.82) is 0 Å². The van der Waals surface area contributed by atoms with Crippen molar-refractivity contribution in [3.63, 3.8) is 0 Å². The first-order valence-electron chi connectivity index (χ1n) is 8.45. The molecule has 0 spiro atoms. The molecule has 26 heavy (non-hydrogen) atoms. The molecule has 1 atom stereocenters. The number of aliphatic carboxylic acids is 1. The van der Waals surface area contributed by atoms with Gasteiger partial charge >= 0.3 is 5.97 Å². The molecule has 1 N–H and O–H groups in total. The zero-order chi connectivity index (χ0) is 16.9. The highest BCUT2D eigenvalue weighted by molar-refractivity contribution is 5.85. The summed E-state index contributed by atoms with van der Waals surface area (Å²) in [7, 11) is 0. The van der Waals surface area contributed by atoms with E-state index in [0.29, 0.717) is 0 Å². The van der Waals surface area contributed by atoms with E-state index in [2.05, 4.69) is 60.4 Å². The second-order valence-electron chi connectivity index (χ2n) is 6.43. The van der Waals surface area contributed by atoms with E-state index in [4.69, 9.17) is 5.11 Å². The highest BCUT2D eigenvalue weighted by atomic mass is 35.5. The van der Waals surface area contributed by atoms with Gasteiger partial charge in [0, 0.05) is 25.7 Å². The number of nitrogens with zero attached hydrogens (tertiary/aromatic N) is 2. The van der Waals surface area contributed by atoms with Crippen molar-refractivity contribution in [2.75, 3.05) is 26.2 Å². The minimum absolute atomic E-state index is 0. The van der Waals surface area contributed by atoms with E-state index in [1.165, 1.54) is 11.1 Å². The molecule has 2 aromatic rings. The Morgan fingerprint density at radius 3 is 1.92 bits per heavy atom. The predicted molar refractivity (Wildman–Crippen MR) is 109 cm³/mol. The van der Waals surface area contributed by atoms with Gasteiger partial charge in [0.2, 0.25) is 0 Å². The average Bonchev–Trinajstić information content (AvgIpc) is 2.59. The van der Waals surface area contributed by atoms with Crippen molar-refractivity contribution in [2.45, 2.75) is 19.0 Å². The summed E-state index contributed by atoms with van der Waals surface area (Å²) < 4.78 is 0. The summed E-state index contributed by atoms with van der Waals surface area (Å²) in [4.78, 5) is 15.5. The van der Waals surface area contributed by atoms with E-state index >= 15 is 0 Å². The Labute approximate surface area is 167 Å². The van der Waals surface area contributed by atoms with Gasteiger partial charge in [-0.05, 0) is 18.1 Å². The molecule has 1 heterocycles. The van der Waals surface area contributed by atoms with Crippen molar-refractivity contribution in [1.82, 2.24) is 9.80 Å². The third-order valence-electron chi connectivity index (χ3n) is 4.73. The molecule has 142 valence electrons. The van der Waals surface area contributed by atoms with Crippen LogP contribution in [0.2, 0.25) is 0 Å². The first-order chi connectivity index (χ1) is 11.6. The minimum Gasteiger partial charge on any atom is -0.480 e. The van der Waals surface area contributed by atoms with E-state index in [1.807, 2.05) is 17.0 Å². The largest absolute Gasteiger partial charge is 0.480 e. The van der Waals surface area contributed by atoms with Crippen LogP contribution in [0.4, 0.5) is 0 Å². The average molecular weight is 397 g/mol. The smallest absolute Gasteiger partial charge is 0.317 e. The number of carbonyl (C=O) groups is 1. The van der Waals surface area contributed by atoms with Gasteiger partial charge in [0.05, 0.1) is 12.6 Å². The van der Waals surface area contributed by atoms with Crippen molar-refractivity contribution in [3.8, 4) is 0 Å². The lowest BCUT2D eigenvalue weighted by Gasteiger charge is -2.43. The van der Waals surface area contributed by atoms with Crippen LogP contribution < -0.4 is 0 Å². The molecular weight excluding hydrogens is 371 g/mol. The predicted octanol–water partition coefficient (Wildman–Crippen LogP) is 3.71. The maximum Gasteiger partial charge on any atom is 0.317 e. The Bertz CT molecular complexity index is 631. The Morgan fingerprint density at radius 1 is 1.00 bits per heavy atom. The molecule has 4 nitrogen and oxygen atoms in total. The second-order valence-corrected chi connectivity index (χ2v) is 6.43. The Balaban J connectivity index is 0.00000169. The van der Waals surface area contributed by atoms with Gasteiger partial charge in [-0.25, -0.2) is 0 Å². The van der Waals surface area contributed by atoms with E-state index in [0.717, 1.165) is 19.6 Å². The van der Waals surface area contributed by atoms with E-state index in [1.54, 1.807) is 0 Å². The number of hydrogen-bond acceptors (Lipinski definition) is 3. The van der Waals surface area contributed by atoms with Crippen LogP contribution in [-0.4, -0.2) is 53.1 Å². The van der Waals surface area contributed by atoms with Crippen LogP contribution in [0, 0.1) is 0 Å². The van der Waals surface area contributed by atoms with Gasteiger partial charge in [0.25, 0.3) is 0 Å². The third-order valence-corrected chi connectivity index (χ3v) is 4.73. The fourth-order valence-corrected chi connectivity index (χ4v) is 3.55. The number of piperazine rings is 1. The Hall–Kier alpha value is -1.59. The molecule has 2 aromatic carbocycles. The highest BCUT2D eigenvalue weighted by Crippen LogP contribution is 2.30. The fraction of sp³-hybridized carbons (Fsp3) is 0.350. The van der Waals surface area contributed by atoms with Gasteiger partial charge in [0.1, 0.15) is 0 Å². The van der Waals surface area contributed by atoms with Gasteiger partial charge in [-0.3, -0.25) is 14.6 Å². The zero-order valence-electron chi connectivity index (χ0n) is 14.8. The second kappa shape index (κ2) is 10.5. The van der Waals surface area contributed by atoms with Crippen molar-refractivity contribution in [3.05, 3.63) is 71.8 Å². The lowest BCUT2D eigenvalue weighted by Crippen LogP contribution is -2.54. The lowest BCUT2D eigenvalue weighted by molar-refractivity contribution is -0.139. The Morgan fingerprint density at radius 2 is 1.50 bits per heavy atom. The molecule has 0 radical (unpaired) electrons. The lowest BCUT2D eigenvalue weighted by atomic mass is 9.95. The molecule has 1 aliphatic rings. The summed E-state index contributed by atoms with van der Waals surface area (Å²) in [6.07, 6.45) is 0. The molecular formula is C20H26Cl2N2O2. The van der Waals surface area contributed by atoms with Crippen LogP contribution in [0.15, 0.2) is 60.7 Å². The van der Waals surface area contributed by atoms with Crippen LogP contribution in [0.1, 0.15) is 24.1 Å². The van der Waals surface area contributed by atoms with Crippen LogP contribution in [0.5, 0.6) is 0 Å². The summed E-state index contributed by atoms with van der Waals surface area (Å²) in [5, 5.41) is 9.06. The quantitative estimate of drug-likeness (QED) is 0.836. The number of benzene rings is 2. The van der Waals surface area contributed by atoms with Gasteiger partial charge in [-0.2, -0.15) is 0 Å². The normalized spacial score (nSPS) is 18.0. The number of carboxylic acids is 1. The van der Waals surface area contributed by atoms with Gasteiger partial charge in [-0.15, -0.1) is 24.8 Å². The monoisotopic (exact) mass is 396 g/mol. The summed E-state index contributed by atoms with van der Waals surface area (Å²) in [5.74, 6) is -0.752. The molecule has 0 amide bonds. The molecule has 0 aliphatic carbocycles. The van der Waals surface area contributed by atoms with Gasteiger partial charge in [-0.1, -0.05) is 60.7 Å². The highest BCUT2D eigenvalue weighted by Gasteiger charge is 2.30. The van der Waals surface area contributed by atoms with Crippen LogP contribution >= 0.6 is 24.8 Å². The molecule has 3 rings (SSSR count). The van der Waals surface area contributed by atoms with E-state index in [-0.39, 0.29) is 43.4 Å². The number of halogens is 2.